The molecule has 0 saturated carbocycles. The van der Waals surface area contributed by atoms with Crippen LogP contribution in [0.3, 0.4) is 0 Å². The van der Waals surface area contributed by atoms with Crippen molar-refractivity contribution in [2.75, 3.05) is 25.5 Å². The molecule has 1 atom stereocenters. The van der Waals surface area contributed by atoms with E-state index in [1.165, 1.54) is 0 Å². The maximum Gasteiger partial charge on any atom is 0.128 e. The van der Waals surface area contributed by atoms with Crippen LogP contribution in [0.2, 0.25) is 0 Å². The lowest BCUT2D eigenvalue weighted by Gasteiger charge is -2.24. The van der Waals surface area contributed by atoms with E-state index in [0.717, 1.165) is 18.7 Å². The SMILES string of the molecule is Cl.Nc1ncccc1[C@H]1COCCN1. The molecule has 14 heavy (non-hydrogen) atoms. The van der Waals surface area contributed by atoms with Gasteiger partial charge < -0.3 is 15.8 Å². The van der Waals surface area contributed by atoms with Crippen molar-refractivity contribution in [2.45, 2.75) is 6.04 Å². The molecule has 1 aromatic heterocycles. The van der Waals surface area contributed by atoms with E-state index in [1.807, 2.05) is 12.1 Å². The highest BCUT2D eigenvalue weighted by molar-refractivity contribution is 5.85. The van der Waals surface area contributed by atoms with Gasteiger partial charge in [-0.05, 0) is 6.07 Å². The summed E-state index contributed by atoms with van der Waals surface area (Å²) in [5.41, 5.74) is 6.77. The summed E-state index contributed by atoms with van der Waals surface area (Å²) in [5, 5.41) is 3.33. The van der Waals surface area contributed by atoms with Gasteiger partial charge in [0.25, 0.3) is 0 Å². The third kappa shape index (κ3) is 2.35. The number of morpholine rings is 1. The summed E-state index contributed by atoms with van der Waals surface area (Å²) in [6.07, 6.45) is 1.70. The predicted octanol–water partition coefficient (Wildman–Crippen LogP) is 0.746. The van der Waals surface area contributed by atoms with Gasteiger partial charge in [-0.3, -0.25) is 0 Å². The number of pyridine rings is 1. The van der Waals surface area contributed by atoms with Crippen LogP contribution in [-0.4, -0.2) is 24.7 Å². The molecule has 1 saturated heterocycles. The van der Waals surface area contributed by atoms with Crippen LogP contribution in [0.1, 0.15) is 11.6 Å². The Morgan fingerprint density at radius 1 is 1.57 bits per heavy atom. The van der Waals surface area contributed by atoms with Crippen LogP contribution in [-0.2, 0) is 4.74 Å². The highest BCUT2D eigenvalue weighted by atomic mass is 35.5. The van der Waals surface area contributed by atoms with Crippen LogP contribution in [0.4, 0.5) is 5.82 Å². The maximum absolute atomic E-state index is 5.74. The lowest BCUT2D eigenvalue weighted by Crippen LogP contribution is -2.35. The van der Waals surface area contributed by atoms with Crippen molar-refractivity contribution in [3.63, 3.8) is 0 Å². The van der Waals surface area contributed by atoms with Crippen LogP contribution < -0.4 is 11.1 Å². The van der Waals surface area contributed by atoms with Crippen molar-refractivity contribution in [2.24, 2.45) is 0 Å². The van der Waals surface area contributed by atoms with Crippen LogP contribution in [0.15, 0.2) is 18.3 Å². The fraction of sp³-hybridized carbons (Fsp3) is 0.444. The van der Waals surface area contributed by atoms with E-state index in [1.54, 1.807) is 6.20 Å². The van der Waals surface area contributed by atoms with Crippen molar-refractivity contribution in [1.82, 2.24) is 10.3 Å². The number of nitrogens with two attached hydrogens (primary N) is 1. The Bertz CT molecular complexity index is 289. The summed E-state index contributed by atoms with van der Waals surface area (Å²) < 4.78 is 5.35. The standard InChI is InChI=1S/C9H13N3O.ClH/c10-9-7(2-1-3-12-9)8-6-13-5-4-11-8;/h1-3,8,11H,4-6H2,(H2,10,12);1H/t8-;/m1./s1. The average molecular weight is 216 g/mol. The summed E-state index contributed by atoms with van der Waals surface area (Å²) in [7, 11) is 0. The minimum atomic E-state index is 0. The molecule has 1 aromatic rings. The number of nitrogens with one attached hydrogen (secondary N) is 1. The molecule has 0 radical (unpaired) electrons. The van der Waals surface area contributed by atoms with E-state index in [0.29, 0.717) is 12.4 Å². The van der Waals surface area contributed by atoms with Gasteiger partial charge >= 0.3 is 0 Å². The molecule has 1 aliphatic rings. The molecular weight excluding hydrogens is 202 g/mol. The molecule has 0 amide bonds. The quantitative estimate of drug-likeness (QED) is 0.726. The molecule has 1 aliphatic heterocycles. The first-order chi connectivity index (χ1) is 6.38. The van der Waals surface area contributed by atoms with Gasteiger partial charge in [0.1, 0.15) is 5.82 Å². The van der Waals surface area contributed by atoms with Crippen LogP contribution >= 0.6 is 12.4 Å². The maximum atomic E-state index is 5.74. The number of nitrogen functional groups attached to an aromatic ring is 1. The summed E-state index contributed by atoms with van der Waals surface area (Å²) in [6.45, 7) is 2.32. The number of nitrogens with zero attached hydrogens (tertiary/aromatic N) is 1. The third-order valence-electron chi connectivity index (χ3n) is 2.17. The fourth-order valence-corrected chi connectivity index (χ4v) is 1.49. The Hall–Kier alpha value is -0.840. The zero-order chi connectivity index (χ0) is 9.10. The van der Waals surface area contributed by atoms with Crippen molar-refractivity contribution in [3.05, 3.63) is 23.9 Å². The van der Waals surface area contributed by atoms with Crippen molar-refractivity contribution >= 4 is 18.2 Å². The molecule has 2 heterocycles. The molecule has 0 bridgehead atoms. The third-order valence-corrected chi connectivity index (χ3v) is 2.17. The smallest absolute Gasteiger partial charge is 0.128 e. The zero-order valence-electron chi connectivity index (χ0n) is 7.77. The first kappa shape index (κ1) is 11.2. The highest BCUT2D eigenvalue weighted by Crippen LogP contribution is 2.19. The average Bonchev–Trinajstić information content (AvgIpc) is 2.20. The van der Waals surface area contributed by atoms with E-state index < -0.39 is 0 Å². The molecule has 0 aromatic carbocycles. The Kier molecular flexibility index (Phi) is 4.13. The Morgan fingerprint density at radius 2 is 2.43 bits per heavy atom. The van der Waals surface area contributed by atoms with Crippen LogP contribution in [0, 0.1) is 0 Å². The number of hydrogen-bond acceptors (Lipinski definition) is 4. The van der Waals surface area contributed by atoms with Gasteiger partial charge in [-0.15, -0.1) is 12.4 Å². The van der Waals surface area contributed by atoms with Crippen molar-refractivity contribution in [1.29, 1.82) is 0 Å². The Balaban J connectivity index is 0.000000980. The van der Waals surface area contributed by atoms with Gasteiger partial charge in [0.2, 0.25) is 0 Å². The van der Waals surface area contributed by atoms with E-state index in [4.69, 9.17) is 10.5 Å². The first-order valence-electron chi connectivity index (χ1n) is 4.39. The van der Waals surface area contributed by atoms with Crippen LogP contribution in [0.5, 0.6) is 0 Å². The lowest BCUT2D eigenvalue weighted by atomic mass is 10.1. The second-order valence-electron chi connectivity index (χ2n) is 3.06. The van der Waals surface area contributed by atoms with Gasteiger partial charge in [0.05, 0.1) is 19.3 Å². The van der Waals surface area contributed by atoms with Gasteiger partial charge in [-0.2, -0.15) is 0 Å². The number of ether oxygens (including phenoxy) is 1. The van der Waals surface area contributed by atoms with Gasteiger partial charge in [-0.25, -0.2) is 4.98 Å². The molecule has 5 heteroatoms. The molecule has 0 aliphatic carbocycles. The molecule has 0 spiro atoms. The minimum absolute atomic E-state index is 0. The predicted molar refractivity (Wildman–Crippen MR) is 57.5 cm³/mol. The van der Waals surface area contributed by atoms with E-state index >= 15 is 0 Å². The van der Waals surface area contributed by atoms with Gasteiger partial charge in [-0.1, -0.05) is 6.07 Å². The summed E-state index contributed by atoms with van der Waals surface area (Å²) in [5.74, 6) is 0.588. The number of aromatic nitrogens is 1. The summed E-state index contributed by atoms with van der Waals surface area (Å²) >= 11 is 0. The molecule has 0 unspecified atom stereocenters. The van der Waals surface area contributed by atoms with Gasteiger partial charge in [0.15, 0.2) is 0 Å². The van der Waals surface area contributed by atoms with E-state index in [2.05, 4.69) is 10.3 Å². The Labute approximate surface area is 89.3 Å². The second-order valence-corrected chi connectivity index (χ2v) is 3.06. The Morgan fingerprint density at radius 3 is 3.07 bits per heavy atom. The molecule has 4 nitrogen and oxygen atoms in total. The number of anilines is 1. The molecule has 2 rings (SSSR count). The monoisotopic (exact) mass is 215 g/mol. The minimum Gasteiger partial charge on any atom is -0.383 e. The number of halogens is 1. The molecular formula is C9H14ClN3O. The molecule has 1 fully saturated rings. The first-order valence-corrected chi connectivity index (χ1v) is 4.39. The van der Waals surface area contributed by atoms with Crippen molar-refractivity contribution < 1.29 is 4.74 Å². The second kappa shape index (κ2) is 5.14. The zero-order valence-corrected chi connectivity index (χ0v) is 8.59. The lowest BCUT2D eigenvalue weighted by molar-refractivity contribution is 0.0770. The molecule has 78 valence electrons. The van der Waals surface area contributed by atoms with E-state index in [-0.39, 0.29) is 18.4 Å². The summed E-state index contributed by atoms with van der Waals surface area (Å²) in [4.78, 5) is 4.04. The largest absolute Gasteiger partial charge is 0.383 e. The number of hydrogen-bond donors (Lipinski definition) is 2. The highest BCUT2D eigenvalue weighted by Gasteiger charge is 2.17. The van der Waals surface area contributed by atoms with Crippen LogP contribution in [0.25, 0.3) is 0 Å². The van der Waals surface area contributed by atoms with E-state index in [9.17, 15) is 0 Å². The molecule has 3 N–H and O–H groups in total. The number of rotatable bonds is 1. The van der Waals surface area contributed by atoms with Crippen molar-refractivity contribution in [3.8, 4) is 0 Å². The fourth-order valence-electron chi connectivity index (χ4n) is 1.49. The summed E-state index contributed by atoms with van der Waals surface area (Å²) in [6, 6.07) is 4.07. The topological polar surface area (TPSA) is 60.2 Å². The van der Waals surface area contributed by atoms with Gasteiger partial charge in [0, 0.05) is 18.3 Å². The normalized spacial score (nSPS) is 21.3.